The highest BCUT2D eigenvalue weighted by Gasteiger charge is 2.29. The predicted octanol–water partition coefficient (Wildman–Crippen LogP) is 0.871. The molecule has 2 amide bonds. The zero-order valence-corrected chi connectivity index (χ0v) is 9.48. The third kappa shape index (κ3) is 2.43. The van der Waals surface area contributed by atoms with Gasteiger partial charge in [-0.25, -0.2) is 4.79 Å². The number of amides is 2. The molecular formula is C11H21N3O. The monoisotopic (exact) mass is 211 g/mol. The summed E-state index contributed by atoms with van der Waals surface area (Å²) >= 11 is 0. The Morgan fingerprint density at radius 1 is 1.13 bits per heavy atom. The summed E-state index contributed by atoms with van der Waals surface area (Å²) < 4.78 is 0. The van der Waals surface area contributed by atoms with Gasteiger partial charge in [-0.3, -0.25) is 0 Å². The van der Waals surface area contributed by atoms with E-state index in [-0.39, 0.29) is 12.1 Å². The molecule has 1 unspecified atom stereocenters. The van der Waals surface area contributed by atoms with Crippen molar-refractivity contribution in [3.63, 3.8) is 0 Å². The van der Waals surface area contributed by atoms with Gasteiger partial charge in [0.15, 0.2) is 0 Å². The maximum Gasteiger partial charge on any atom is 0.320 e. The van der Waals surface area contributed by atoms with Gasteiger partial charge in [-0.15, -0.1) is 0 Å². The quantitative estimate of drug-likeness (QED) is 0.646. The average molecular weight is 211 g/mol. The highest BCUT2D eigenvalue weighted by Crippen LogP contribution is 2.18. The topological polar surface area (TPSA) is 49.6 Å². The molecule has 15 heavy (non-hydrogen) atoms. The van der Waals surface area contributed by atoms with Crippen molar-refractivity contribution in [2.45, 2.75) is 32.2 Å². The molecule has 2 N–H and O–H groups in total. The maximum absolute atomic E-state index is 12.0. The fourth-order valence-electron chi connectivity index (χ4n) is 2.36. The van der Waals surface area contributed by atoms with Gasteiger partial charge in [0, 0.05) is 32.2 Å². The lowest BCUT2D eigenvalue weighted by atomic mass is 10.00. The van der Waals surface area contributed by atoms with E-state index >= 15 is 0 Å². The minimum atomic E-state index is 0.192. The van der Waals surface area contributed by atoms with Crippen LogP contribution in [0.5, 0.6) is 0 Å². The van der Waals surface area contributed by atoms with Crippen LogP contribution in [0, 0.1) is 5.92 Å². The Balaban J connectivity index is 1.85. The SMILES string of the molecule is CC1CCN(C(=O)N2CCC(N)C2)CC1. The summed E-state index contributed by atoms with van der Waals surface area (Å²) in [5.74, 6) is 0.773. The van der Waals surface area contributed by atoms with Gasteiger partial charge in [0.05, 0.1) is 0 Å². The second kappa shape index (κ2) is 4.39. The Bertz CT molecular complexity index is 236. The lowest BCUT2D eigenvalue weighted by Gasteiger charge is -2.33. The Morgan fingerprint density at radius 2 is 1.73 bits per heavy atom. The zero-order chi connectivity index (χ0) is 10.8. The molecule has 2 aliphatic heterocycles. The van der Waals surface area contributed by atoms with Crippen LogP contribution < -0.4 is 5.73 Å². The first-order valence-electron chi connectivity index (χ1n) is 5.96. The van der Waals surface area contributed by atoms with E-state index in [0.717, 1.165) is 51.4 Å². The van der Waals surface area contributed by atoms with Crippen molar-refractivity contribution in [2.75, 3.05) is 26.2 Å². The number of urea groups is 1. The van der Waals surface area contributed by atoms with E-state index in [4.69, 9.17) is 5.73 Å². The van der Waals surface area contributed by atoms with Crippen molar-refractivity contribution in [2.24, 2.45) is 11.7 Å². The van der Waals surface area contributed by atoms with E-state index in [2.05, 4.69) is 6.92 Å². The highest BCUT2D eigenvalue weighted by atomic mass is 16.2. The van der Waals surface area contributed by atoms with Crippen molar-refractivity contribution in [3.05, 3.63) is 0 Å². The van der Waals surface area contributed by atoms with E-state index in [1.807, 2.05) is 9.80 Å². The van der Waals surface area contributed by atoms with Crippen LogP contribution >= 0.6 is 0 Å². The van der Waals surface area contributed by atoms with Gasteiger partial charge >= 0.3 is 6.03 Å². The minimum absolute atomic E-state index is 0.192. The lowest BCUT2D eigenvalue weighted by molar-refractivity contribution is 0.142. The van der Waals surface area contributed by atoms with Gasteiger partial charge in [-0.05, 0) is 25.2 Å². The molecule has 86 valence electrons. The highest BCUT2D eigenvalue weighted by molar-refractivity contribution is 5.74. The number of likely N-dealkylation sites (tertiary alicyclic amines) is 2. The summed E-state index contributed by atoms with van der Waals surface area (Å²) in [6.07, 6.45) is 3.24. The van der Waals surface area contributed by atoms with Gasteiger partial charge < -0.3 is 15.5 Å². The second-order valence-electron chi connectivity index (χ2n) is 4.95. The summed E-state index contributed by atoms with van der Waals surface area (Å²) in [4.78, 5) is 15.9. The average Bonchev–Trinajstić information content (AvgIpc) is 2.65. The van der Waals surface area contributed by atoms with Crippen molar-refractivity contribution in [1.82, 2.24) is 9.80 Å². The molecule has 0 aromatic carbocycles. The Kier molecular flexibility index (Phi) is 3.14. The van der Waals surface area contributed by atoms with Crippen molar-refractivity contribution in [1.29, 1.82) is 0 Å². The maximum atomic E-state index is 12.0. The number of nitrogens with two attached hydrogens (primary N) is 1. The number of nitrogens with zero attached hydrogens (tertiary/aromatic N) is 2. The molecule has 0 aromatic rings. The standard InChI is InChI=1S/C11H21N3O/c1-9-2-5-13(6-3-9)11(15)14-7-4-10(12)8-14/h9-10H,2-8,12H2,1H3. The molecule has 2 aliphatic rings. The fourth-order valence-corrected chi connectivity index (χ4v) is 2.36. The lowest BCUT2D eigenvalue weighted by Crippen LogP contribution is -2.46. The molecule has 4 nitrogen and oxygen atoms in total. The Labute approximate surface area is 91.4 Å². The molecule has 0 bridgehead atoms. The largest absolute Gasteiger partial charge is 0.326 e. The van der Waals surface area contributed by atoms with Crippen molar-refractivity contribution in [3.8, 4) is 0 Å². The summed E-state index contributed by atoms with van der Waals surface area (Å²) in [7, 11) is 0. The van der Waals surface area contributed by atoms with Crippen molar-refractivity contribution >= 4 is 6.03 Å². The number of hydrogen-bond acceptors (Lipinski definition) is 2. The molecule has 0 aliphatic carbocycles. The van der Waals surface area contributed by atoms with Crippen molar-refractivity contribution < 1.29 is 4.79 Å². The molecule has 2 heterocycles. The Hall–Kier alpha value is -0.770. The van der Waals surface area contributed by atoms with E-state index in [1.54, 1.807) is 0 Å². The van der Waals surface area contributed by atoms with Crippen LogP contribution in [0.4, 0.5) is 4.79 Å². The predicted molar refractivity (Wildman–Crippen MR) is 59.5 cm³/mol. The first-order chi connectivity index (χ1) is 7.16. The molecule has 1 atom stereocenters. The van der Waals surface area contributed by atoms with E-state index < -0.39 is 0 Å². The molecule has 0 aromatic heterocycles. The number of carbonyl (C=O) groups excluding carboxylic acids is 1. The number of carbonyl (C=O) groups is 1. The van der Waals surface area contributed by atoms with Gasteiger partial charge in [0.25, 0.3) is 0 Å². The first-order valence-corrected chi connectivity index (χ1v) is 5.96. The molecule has 2 saturated heterocycles. The molecule has 4 heteroatoms. The van der Waals surface area contributed by atoms with E-state index in [1.165, 1.54) is 0 Å². The number of rotatable bonds is 0. The molecular weight excluding hydrogens is 190 g/mol. The van der Waals surface area contributed by atoms with E-state index in [9.17, 15) is 4.79 Å². The summed E-state index contributed by atoms with van der Waals surface area (Å²) in [6, 6.07) is 0.396. The van der Waals surface area contributed by atoms with Crippen LogP contribution in [-0.4, -0.2) is 48.1 Å². The summed E-state index contributed by atoms with van der Waals surface area (Å²) in [5.41, 5.74) is 5.80. The molecule has 2 rings (SSSR count). The molecule has 0 saturated carbocycles. The third-order valence-electron chi connectivity index (χ3n) is 3.55. The minimum Gasteiger partial charge on any atom is -0.326 e. The summed E-state index contributed by atoms with van der Waals surface area (Å²) in [5, 5.41) is 0. The van der Waals surface area contributed by atoms with Gasteiger partial charge in [0.2, 0.25) is 0 Å². The van der Waals surface area contributed by atoms with Crippen LogP contribution in [0.1, 0.15) is 26.2 Å². The smallest absolute Gasteiger partial charge is 0.320 e. The zero-order valence-electron chi connectivity index (χ0n) is 9.48. The number of piperidine rings is 1. The second-order valence-corrected chi connectivity index (χ2v) is 4.95. The van der Waals surface area contributed by atoms with Crippen LogP contribution in [-0.2, 0) is 0 Å². The Morgan fingerprint density at radius 3 is 2.27 bits per heavy atom. The van der Waals surface area contributed by atoms with E-state index in [0.29, 0.717) is 0 Å². The fraction of sp³-hybridized carbons (Fsp3) is 0.909. The van der Waals surface area contributed by atoms with Gasteiger partial charge in [-0.1, -0.05) is 6.92 Å². The van der Waals surface area contributed by atoms with Crippen LogP contribution in [0.15, 0.2) is 0 Å². The van der Waals surface area contributed by atoms with Crippen LogP contribution in [0.3, 0.4) is 0 Å². The van der Waals surface area contributed by atoms with Crippen LogP contribution in [0.25, 0.3) is 0 Å². The van der Waals surface area contributed by atoms with Gasteiger partial charge in [0.1, 0.15) is 0 Å². The first kappa shape index (κ1) is 10.7. The van der Waals surface area contributed by atoms with Gasteiger partial charge in [-0.2, -0.15) is 0 Å². The van der Waals surface area contributed by atoms with Crippen LogP contribution in [0.2, 0.25) is 0 Å². The molecule has 0 radical (unpaired) electrons. The molecule has 2 fully saturated rings. The number of hydrogen-bond donors (Lipinski definition) is 1. The molecule has 0 spiro atoms. The normalized spacial score (nSPS) is 28.5. The third-order valence-corrected chi connectivity index (χ3v) is 3.55. The summed E-state index contributed by atoms with van der Waals surface area (Å²) in [6.45, 7) is 5.68.